The number of carbonyl (C=O) groups excluding carboxylic acids is 3. The number of rotatable bonds is 2. The van der Waals surface area contributed by atoms with Crippen LogP contribution in [0.3, 0.4) is 0 Å². The van der Waals surface area contributed by atoms with Gasteiger partial charge in [-0.25, -0.2) is 9.59 Å². The van der Waals surface area contributed by atoms with Crippen molar-refractivity contribution < 1.29 is 38.1 Å². The number of methoxy groups -OCH3 is 2. The van der Waals surface area contributed by atoms with E-state index < -0.39 is 41.3 Å². The van der Waals surface area contributed by atoms with Crippen LogP contribution in [0.1, 0.15) is 47.8 Å². The molecule has 2 aromatic rings. The molecule has 2 heterocycles. The third kappa shape index (κ3) is 2.62. The first kappa shape index (κ1) is 21.6. The molecule has 1 saturated heterocycles. The maximum Gasteiger partial charge on any atom is 0.338 e. The van der Waals surface area contributed by atoms with Gasteiger partial charge in [-0.15, -0.1) is 0 Å². The fourth-order valence-corrected chi connectivity index (χ4v) is 4.87. The van der Waals surface area contributed by atoms with E-state index in [4.69, 9.17) is 23.7 Å². The van der Waals surface area contributed by atoms with Crippen LogP contribution in [0.15, 0.2) is 42.5 Å². The topological polar surface area (TPSA) is 97.4 Å². The molecule has 3 aliphatic rings. The first-order valence-electron chi connectivity index (χ1n) is 10.6. The summed E-state index contributed by atoms with van der Waals surface area (Å²) in [6.07, 6.45) is -3.05. The van der Waals surface area contributed by atoms with Gasteiger partial charge >= 0.3 is 11.9 Å². The lowest BCUT2D eigenvalue weighted by Crippen LogP contribution is -2.65. The summed E-state index contributed by atoms with van der Waals surface area (Å²) in [5.41, 5.74) is 0.0491. The standard InChI is InChI=1S/C25H24O8/c1-23(2,3)13-10-11-17-16(12-13)24-20(26)14-8-6-7-9-15(14)25(24,31-17)33-19(22(28)30-5)18(32-24)21(27)29-4/h6-12,18-19H,1-5H3. The second kappa shape index (κ2) is 6.88. The summed E-state index contributed by atoms with van der Waals surface area (Å²) < 4.78 is 28.7. The summed E-state index contributed by atoms with van der Waals surface area (Å²) in [6.45, 7) is 6.14. The molecular formula is C25H24O8. The maximum absolute atomic E-state index is 14.0. The Morgan fingerprint density at radius 2 is 1.55 bits per heavy atom. The number of esters is 2. The van der Waals surface area contributed by atoms with Crippen molar-refractivity contribution in [1.29, 1.82) is 0 Å². The lowest BCUT2D eigenvalue weighted by Gasteiger charge is -2.46. The molecule has 8 heteroatoms. The monoisotopic (exact) mass is 452 g/mol. The van der Waals surface area contributed by atoms with Crippen molar-refractivity contribution in [2.45, 2.75) is 49.8 Å². The Labute approximate surface area is 190 Å². The van der Waals surface area contributed by atoms with E-state index in [0.29, 0.717) is 22.4 Å². The van der Waals surface area contributed by atoms with Crippen LogP contribution in [-0.2, 0) is 45.3 Å². The molecule has 0 aromatic heterocycles. The minimum absolute atomic E-state index is 0.239. The van der Waals surface area contributed by atoms with Gasteiger partial charge in [0, 0.05) is 16.7 Å². The van der Waals surface area contributed by atoms with E-state index >= 15 is 0 Å². The van der Waals surface area contributed by atoms with Crippen molar-refractivity contribution in [3.8, 4) is 5.75 Å². The zero-order chi connectivity index (χ0) is 23.8. The second-order valence-corrected chi connectivity index (χ2v) is 9.36. The average molecular weight is 452 g/mol. The first-order valence-corrected chi connectivity index (χ1v) is 10.6. The molecule has 8 nitrogen and oxygen atoms in total. The Bertz CT molecular complexity index is 1200. The molecule has 0 spiro atoms. The van der Waals surface area contributed by atoms with E-state index in [2.05, 4.69) is 0 Å². The Balaban J connectivity index is 1.80. The highest BCUT2D eigenvalue weighted by atomic mass is 16.8. The highest BCUT2D eigenvalue weighted by Crippen LogP contribution is 2.64. The molecule has 172 valence electrons. The summed E-state index contributed by atoms with van der Waals surface area (Å²) in [4.78, 5) is 39.3. The normalized spacial score (nSPS) is 29.3. The van der Waals surface area contributed by atoms with Gasteiger partial charge in [0.1, 0.15) is 5.75 Å². The zero-order valence-electron chi connectivity index (χ0n) is 19.0. The molecule has 2 aliphatic heterocycles. The van der Waals surface area contributed by atoms with Crippen molar-refractivity contribution in [2.75, 3.05) is 14.2 Å². The summed E-state index contributed by atoms with van der Waals surface area (Å²) >= 11 is 0. The zero-order valence-corrected chi connectivity index (χ0v) is 19.0. The molecular weight excluding hydrogens is 428 g/mol. The van der Waals surface area contributed by atoms with E-state index in [1.54, 1.807) is 30.3 Å². The van der Waals surface area contributed by atoms with E-state index in [1.165, 1.54) is 14.2 Å². The van der Waals surface area contributed by atoms with Crippen molar-refractivity contribution in [1.82, 2.24) is 0 Å². The van der Waals surface area contributed by atoms with Gasteiger partial charge < -0.3 is 23.7 Å². The number of carbonyl (C=O) groups is 3. The van der Waals surface area contributed by atoms with Crippen LogP contribution in [0.4, 0.5) is 0 Å². The molecule has 4 atom stereocenters. The number of hydrogen-bond donors (Lipinski definition) is 0. The van der Waals surface area contributed by atoms with E-state index in [9.17, 15) is 14.4 Å². The minimum atomic E-state index is -1.84. The number of ketones is 1. The maximum atomic E-state index is 14.0. The number of Topliss-reactive ketones (excluding diaryl/α,β-unsaturated/α-hetero) is 1. The van der Waals surface area contributed by atoms with Crippen molar-refractivity contribution in [2.24, 2.45) is 0 Å². The molecule has 0 amide bonds. The number of fused-ring (bicyclic) bond motifs is 2. The van der Waals surface area contributed by atoms with Gasteiger partial charge in [-0.3, -0.25) is 4.79 Å². The van der Waals surface area contributed by atoms with Gasteiger partial charge in [0.05, 0.1) is 14.2 Å². The van der Waals surface area contributed by atoms with Crippen molar-refractivity contribution >= 4 is 17.7 Å². The Hall–Kier alpha value is -3.23. The smallest absolute Gasteiger partial charge is 0.338 e. The fraction of sp³-hybridized carbons (Fsp3) is 0.400. The predicted molar refractivity (Wildman–Crippen MR) is 114 cm³/mol. The molecule has 5 rings (SSSR count). The second-order valence-electron chi connectivity index (χ2n) is 9.36. The average Bonchev–Trinajstić information content (AvgIpc) is 3.22. The highest BCUT2D eigenvalue weighted by Gasteiger charge is 2.78. The largest absolute Gasteiger partial charge is 0.467 e. The van der Waals surface area contributed by atoms with Gasteiger partial charge in [0.25, 0.3) is 5.79 Å². The predicted octanol–water partition coefficient (Wildman–Crippen LogP) is 2.75. The third-order valence-electron chi connectivity index (χ3n) is 6.53. The van der Waals surface area contributed by atoms with Crippen LogP contribution >= 0.6 is 0 Å². The SMILES string of the molecule is COC(=O)C1OC23Oc4ccc(C(C)(C)C)cc4C2(OC1C(=O)OC)C(=O)c1ccccc13. The molecule has 0 N–H and O–H groups in total. The summed E-state index contributed by atoms with van der Waals surface area (Å²) in [5.74, 6) is -3.55. The summed E-state index contributed by atoms with van der Waals surface area (Å²) in [5, 5.41) is 0. The van der Waals surface area contributed by atoms with E-state index in [1.807, 2.05) is 32.9 Å². The molecule has 33 heavy (non-hydrogen) atoms. The molecule has 2 aromatic carbocycles. The first-order chi connectivity index (χ1) is 15.6. The molecule has 1 aliphatic carbocycles. The molecule has 0 saturated carbocycles. The van der Waals surface area contributed by atoms with Gasteiger partial charge in [-0.1, -0.05) is 51.1 Å². The lowest BCUT2D eigenvalue weighted by atomic mass is 9.80. The van der Waals surface area contributed by atoms with Crippen LogP contribution in [0, 0.1) is 0 Å². The van der Waals surface area contributed by atoms with Gasteiger partial charge in [-0.2, -0.15) is 0 Å². The summed E-state index contributed by atoms with van der Waals surface area (Å²) in [6, 6.07) is 12.3. The molecule has 0 radical (unpaired) electrons. The highest BCUT2D eigenvalue weighted by molar-refractivity contribution is 6.10. The van der Waals surface area contributed by atoms with E-state index in [0.717, 1.165) is 5.56 Å². The van der Waals surface area contributed by atoms with Crippen LogP contribution in [0.25, 0.3) is 0 Å². The Kier molecular flexibility index (Phi) is 4.51. The Morgan fingerprint density at radius 1 is 0.909 bits per heavy atom. The van der Waals surface area contributed by atoms with Gasteiger partial charge in [-0.05, 0) is 23.1 Å². The number of hydrogen-bond acceptors (Lipinski definition) is 8. The van der Waals surface area contributed by atoms with Crippen molar-refractivity contribution in [3.05, 3.63) is 64.7 Å². The van der Waals surface area contributed by atoms with Gasteiger partial charge in [0.2, 0.25) is 11.4 Å². The summed E-state index contributed by atoms with van der Waals surface area (Å²) in [7, 11) is 2.34. The fourth-order valence-electron chi connectivity index (χ4n) is 4.87. The van der Waals surface area contributed by atoms with Crippen molar-refractivity contribution in [3.63, 3.8) is 0 Å². The third-order valence-corrected chi connectivity index (χ3v) is 6.53. The minimum Gasteiger partial charge on any atom is -0.467 e. The van der Waals surface area contributed by atoms with Crippen LogP contribution < -0.4 is 4.74 Å². The van der Waals surface area contributed by atoms with Crippen LogP contribution in [0.2, 0.25) is 0 Å². The molecule has 0 bridgehead atoms. The van der Waals surface area contributed by atoms with Crippen LogP contribution in [0.5, 0.6) is 5.75 Å². The molecule has 4 unspecified atom stereocenters. The molecule has 1 fully saturated rings. The Morgan fingerprint density at radius 3 is 2.18 bits per heavy atom. The van der Waals surface area contributed by atoms with Gasteiger partial charge in [0.15, 0.2) is 12.2 Å². The quantitative estimate of drug-likeness (QED) is 0.642. The van der Waals surface area contributed by atoms with Crippen LogP contribution in [-0.4, -0.2) is 44.1 Å². The van der Waals surface area contributed by atoms with E-state index in [-0.39, 0.29) is 5.41 Å². The number of ether oxygens (including phenoxy) is 5. The lowest BCUT2D eigenvalue weighted by molar-refractivity contribution is -0.350. The number of benzene rings is 2.